The average Bonchev–Trinajstić information content (AvgIpc) is 2.95. The number of hydrogen-bond donors (Lipinski definition) is 1. The summed E-state index contributed by atoms with van der Waals surface area (Å²) in [6.07, 6.45) is 1.55. The molecule has 7 nitrogen and oxygen atoms in total. The normalized spacial score (nSPS) is 12.5. The lowest BCUT2D eigenvalue weighted by Crippen LogP contribution is -2.35. The van der Waals surface area contributed by atoms with Crippen LogP contribution in [0, 0.1) is 19.7 Å². The summed E-state index contributed by atoms with van der Waals surface area (Å²) < 4.78 is 16.9. The van der Waals surface area contributed by atoms with Crippen LogP contribution in [-0.4, -0.2) is 25.5 Å². The molecule has 0 saturated heterocycles. The topological polar surface area (TPSA) is 81.8 Å². The predicted octanol–water partition coefficient (Wildman–Crippen LogP) is 2.81. The van der Waals surface area contributed by atoms with Gasteiger partial charge in [-0.25, -0.2) is 9.07 Å². The zero-order valence-electron chi connectivity index (χ0n) is 16.7. The first-order valence-corrected chi connectivity index (χ1v) is 9.19. The fourth-order valence-corrected chi connectivity index (χ4v) is 3.25. The zero-order valence-corrected chi connectivity index (χ0v) is 16.7. The molecule has 1 aromatic carbocycles. The van der Waals surface area contributed by atoms with Crippen molar-refractivity contribution in [3.63, 3.8) is 0 Å². The Morgan fingerprint density at radius 3 is 2.61 bits per heavy atom. The van der Waals surface area contributed by atoms with Crippen molar-refractivity contribution in [1.82, 2.24) is 24.9 Å². The molecule has 1 atom stereocenters. The molecule has 0 saturated carbocycles. The summed E-state index contributed by atoms with van der Waals surface area (Å²) in [6, 6.07) is 4.42. The van der Waals surface area contributed by atoms with Gasteiger partial charge in [-0.15, -0.1) is 0 Å². The molecule has 28 heavy (non-hydrogen) atoms. The van der Waals surface area contributed by atoms with Crippen molar-refractivity contribution in [2.75, 3.05) is 0 Å². The molecule has 1 N–H and O–H groups in total. The number of carbonyl (C=O) groups excluding carboxylic acids is 1. The number of aromatic nitrogens is 4. The number of rotatable bonds is 5. The monoisotopic (exact) mass is 385 g/mol. The van der Waals surface area contributed by atoms with Crippen molar-refractivity contribution in [3.8, 4) is 0 Å². The van der Waals surface area contributed by atoms with Crippen LogP contribution < -0.4 is 10.9 Å². The second kappa shape index (κ2) is 7.53. The van der Waals surface area contributed by atoms with Gasteiger partial charge < -0.3 is 5.32 Å². The van der Waals surface area contributed by atoms with Gasteiger partial charge in [-0.3, -0.25) is 14.3 Å². The van der Waals surface area contributed by atoms with Crippen LogP contribution in [0.4, 0.5) is 4.39 Å². The molecule has 2 heterocycles. The van der Waals surface area contributed by atoms with E-state index in [9.17, 15) is 14.0 Å². The summed E-state index contributed by atoms with van der Waals surface area (Å²) in [6.45, 7) is 8.94. The molecular formula is C20H24FN5O2. The summed E-state index contributed by atoms with van der Waals surface area (Å²) in [5.74, 6) is -0.795. The molecule has 1 unspecified atom stereocenters. The molecule has 0 aliphatic heterocycles. The lowest BCUT2D eigenvalue weighted by molar-refractivity contribution is -0.122. The third kappa shape index (κ3) is 3.67. The Morgan fingerprint density at radius 2 is 1.96 bits per heavy atom. The van der Waals surface area contributed by atoms with Crippen LogP contribution in [0.1, 0.15) is 49.7 Å². The predicted molar refractivity (Wildman–Crippen MR) is 105 cm³/mol. The van der Waals surface area contributed by atoms with E-state index in [0.29, 0.717) is 22.2 Å². The van der Waals surface area contributed by atoms with Crippen molar-refractivity contribution in [1.29, 1.82) is 0 Å². The van der Waals surface area contributed by atoms with E-state index in [1.807, 2.05) is 13.8 Å². The van der Waals surface area contributed by atoms with E-state index < -0.39 is 11.9 Å². The molecule has 3 aromatic rings. The van der Waals surface area contributed by atoms with Crippen molar-refractivity contribution in [2.45, 2.75) is 53.2 Å². The van der Waals surface area contributed by atoms with Gasteiger partial charge in [0.1, 0.15) is 12.4 Å². The molecule has 0 fully saturated rings. The van der Waals surface area contributed by atoms with Crippen LogP contribution in [0.25, 0.3) is 10.9 Å². The molecule has 0 bridgehead atoms. The fourth-order valence-electron chi connectivity index (χ4n) is 3.25. The maximum Gasteiger partial charge on any atom is 0.278 e. The van der Waals surface area contributed by atoms with Gasteiger partial charge in [-0.1, -0.05) is 12.1 Å². The first-order valence-electron chi connectivity index (χ1n) is 9.19. The van der Waals surface area contributed by atoms with Crippen molar-refractivity contribution in [2.24, 2.45) is 0 Å². The number of benzene rings is 1. The third-order valence-electron chi connectivity index (χ3n) is 4.67. The molecule has 0 radical (unpaired) electrons. The molecular weight excluding hydrogens is 361 g/mol. The molecule has 3 rings (SSSR count). The van der Waals surface area contributed by atoms with E-state index in [4.69, 9.17) is 0 Å². The van der Waals surface area contributed by atoms with E-state index in [1.54, 1.807) is 43.8 Å². The van der Waals surface area contributed by atoms with E-state index in [0.717, 1.165) is 10.2 Å². The highest BCUT2D eigenvalue weighted by molar-refractivity contribution is 5.81. The van der Waals surface area contributed by atoms with Crippen LogP contribution in [-0.2, 0) is 11.3 Å². The van der Waals surface area contributed by atoms with E-state index >= 15 is 0 Å². The molecule has 0 spiro atoms. The van der Waals surface area contributed by atoms with Gasteiger partial charge >= 0.3 is 0 Å². The van der Waals surface area contributed by atoms with Crippen LogP contribution in [0.3, 0.4) is 0 Å². The first-order chi connectivity index (χ1) is 13.2. The first kappa shape index (κ1) is 19.7. The van der Waals surface area contributed by atoms with Crippen molar-refractivity contribution < 1.29 is 9.18 Å². The minimum Gasteiger partial charge on any atom is -0.348 e. The Morgan fingerprint density at radius 1 is 1.25 bits per heavy atom. The highest BCUT2D eigenvalue weighted by Gasteiger charge is 2.18. The molecule has 8 heteroatoms. The van der Waals surface area contributed by atoms with Crippen LogP contribution >= 0.6 is 0 Å². The van der Waals surface area contributed by atoms with Crippen molar-refractivity contribution >= 4 is 16.8 Å². The number of halogens is 1. The second-order valence-corrected chi connectivity index (χ2v) is 7.31. The van der Waals surface area contributed by atoms with Gasteiger partial charge in [0.2, 0.25) is 5.91 Å². The second-order valence-electron chi connectivity index (χ2n) is 7.31. The summed E-state index contributed by atoms with van der Waals surface area (Å²) in [5.41, 5.74) is 2.07. The Hall–Kier alpha value is -3.03. The van der Waals surface area contributed by atoms with E-state index in [2.05, 4.69) is 15.5 Å². The lowest BCUT2D eigenvalue weighted by atomic mass is 10.1. The number of carbonyl (C=O) groups is 1. The summed E-state index contributed by atoms with van der Waals surface area (Å²) in [7, 11) is 0. The van der Waals surface area contributed by atoms with E-state index in [1.165, 1.54) is 6.07 Å². The summed E-state index contributed by atoms with van der Waals surface area (Å²) in [5, 5.41) is 11.7. The smallest absolute Gasteiger partial charge is 0.278 e. The molecule has 148 valence electrons. The van der Waals surface area contributed by atoms with Crippen molar-refractivity contribution in [3.05, 3.63) is 57.4 Å². The zero-order chi connectivity index (χ0) is 20.6. The van der Waals surface area contributed by atoms with Crippen LogP contribution in [0.5, 0.6) is 0 Å². The highest BCUT2D eigenvalue weighted by Crippen LogP contribution is 2.19. The van der Waals surface area contributed by atoms with Gasteiger partial charge in [0.05, 0.1) is 28.8 Å². The molecule has 1 amide bonds. The Kier molecular flexibility index (Phi) is 5.31. The van der Waals surface area contributed by atoms with Gasteiger partial charge in [0.25, 0.3) is 5.56 Å². The molecule has 0 aliphatic rings. The number of nitrogens with zero attached hydrogens (tertiary/aromatic N) is 4. The number of nitrogens with one attached hydrogen (secondary N) is 1. The number of hydrogen-bond acceptors (Lipinski definition) is 4. The minimum absolute atomic E-state index is 0.0850. The SMILES string of the molecule is Cc1ccc(C(C)NC(=O)Cn2ncc3c(c(C)nn3C(C)C)c2=O)c(F)c1. The lowest BCUT2D eigenvalue weighted by Gasteiger charge is -2.16. The average molecular weight is 385 g/mol. The van der Waals surface area contributed by atoms with Crippen LogP contribution in [0.15, 0.2) is 29.2 Å². The van der Waals surface area contributed by atoms with Gasteiger partial charge in [0.15, 0.2) is 0 Å². The minimum atomic E-state index is -0.530. The summed E-state index contributed by atoms with van der Waals surface area (Å²) in [4.78, 5) is 25.2. The standard InChI is InChI=1S/C20H24FN5O2/c1-11(2)26-17-9-22-25(20(28)19(17)14(5)24-26)10-18(27)23-13(4)15-7-6-12(3)8-16(15)21/h6-9,11,13H,10H2,1-5H3,(H,23,27). The van der Waals surface area contributed by atoms with Gasteiger partial charge in [0, 0.05) is 11.6 Å². The molecule has 0 aliphatic carbocycles. The van der Waals surface area contributed by atoms with Gasteiger partial charge in [-0.05, 0) is 46.2 Å². The van der Waals surface area contributed by atoms with Crippen LogP contribution in [0.2, 0.25) is 0 Å². The van der Waals surface area contributed by atoms with Gasteiger partial charge in [-0.2, -0.15) is 10.2 Å². The maximum atomic E-state index is 14.1. The Bertz CT molecular complexity index is 1100. The number of amides is 1. The fraction of sp³-hybridized carbons (Fsp3) is 0.400. The Balaban J connectivity index is 1.82. The number of fused-ring (bicyclic) bond motifs is 1. The highest BCUT2D eigenvalue weighted by atomic mass is 19.1. The third-order valence-corrected chi connectivity index (χ3v) is 4.67. The quantitative estimate of drug-likeness (QED) is 0.732. The van der Waals surface area contributed by atoms with E-state index in [-0.39, 0.29) is 24.0 Å². The largest absolute Gasteiger partial charge is 0.348 e. The number of aryl methyl sites for hydroxylation is 2. The Labute approximate surface area is 162 Å². The summed E-state index contributed by atoms with van der Waals surface area (Å²) >= 11 is 0. The maximum absolute atomic E-state index is 14.1. The molecule has 2 aromatic heterocycles.